The minimum atomic E-state index is -0.117. The molecule has 1 N–H and O–H groups in total. The smallest absolute Gasteiger partial charge is 0.255 e. The number of carbonyl (C=O) groups excluding carboxylic acids is 1. The Kier molecular flexibility index (Phi) is 5.81. The molecule has 0 unspecified atom stereocenters. The van der Waals surface area contributed by atoms with Gasteiger partial charge in [0.1, 0.15) is 0 Å². The molecule has 0 saturated heterocycles. The largest absolute Gasteiger partial charge is 0.348 e. The molecule has 6 nitrogen and oxygen atoms in total. The van der Waals surface area contributed by atoms with Crippen LogP contribution in [0.5, 0.6) is 0 Å². The number of benzene rings is 2. The highest BCUT2D eigenvalue weighted by Crippen LogP contribution is 2.20. The Morgan fingerprint density at radius 3 is 2.60 bits per heavy atom. The summed E-state index contributed by atoms with van der Waals surface area (Å²) in [5.74, 6) is -0.117. The fourth-order valence-corrected chi connectivity index (χ4v) is 3.77. The van der Waals surface area contributed by atoms with Crippen molar-refractivity contribution in [3.05, 3.63) is 99.8 Å². The van der Waals surface area contributed by atoms with Gasteiger partial charge in [-0.25, -0.2) is 9.67 Å². The molecule has 0 atom stereocenters. The molecule has 0 bridgehead atoms. The number of hydrogen-bond donors (Lipinski definition) is 1. The maximum atomic E-state index is 12.9. The molecule has 2 heterocycles. The van der Waals surface area contributed by atoms with Gasteiger partial charge in [-0.1, -0.05) is 40.2 Å². The van der Waals surface area contributed by atoms with Gasteiger partial charge in [-0.15, -0.1) is 0 Å². The molecule has 0 spiro atoms. The number of imidazole rings is 1. The molecule has 0 radical (unpaired) electrons. The highest BCUT2D eigenvalue weighted by molar-refractivity contribution is 9.10. The van der Waals surface area contributed by atoms with E-state index in [1.807, 2.05) is 65.7 Å². The van der Waals surface area contributed by atoms with Gasteiger partial charge in [-0.3, -0.25) is 4.79 Å². The molecule has 0 aliphatic heterocycles. The first kappa shape index (κ1) is 20.1. The lowest BCUT2D eigenvalue weighted by molar-refractivity contribution is 0.0949. The van der Waals surface area contributed by atoms with Crippen LogP contribution in [0.4, 0.5) is 0 Å². The van der Waals surface area contributed by atoms with Gasteiger partial charge in [-0.2, -0.15) is 5.10 Å². The number of rotatable bonds is 6. The summed E-state index contributed by atoms with van der Waals surface area (Å²) in [6, 6.07) is 16.1. The quantitative estimate of drug-likeness (QED) is 0.459. The van der Waals surface area contributed by atoms with Crippen LogP contribution in [-0.4, -0.2) is 25.2 Å². The lowest BCUT2D eigenvalue weighted by Crippen LogP contribution is -2.24. The predicted molar refractivity (Wildman–Crippen MR) is 120 cm³/mol. The summed E-state index contributed by atoms with van der Waals surface area (Å²) < 4.78 is 4.82. The Bertz CT molecular complexity index is 1160. The summed E-state index contributed by atoms with van der Waals surface area (Å²) in [4.78, 5) is 17.0. The van der Waals surface area contributed by atoms with E-state index in [4.69, 9.17) is 0 Å². The fraction of sp³-hybridized carbons (Fsp3) is 0.174. The first-order valence-corrected chi connectivity index (χ1v) is 10.4. The van der Waals surface area contributed by atoms with Crippen LogP contribution in [0.2, 0.25) is 0 Å². The van der Waals surface area contributed by atoms with Crippen molar-refractivity contribution in [1.82, 2.24) is 24.6 Å². The van der Waals surface area contributed by atoms with Crippen LogP contribution in [0.1, 0.15) is 32.9 Å². The Hall–Kier alpha value is -3.19. The van der Waals surface area contributed by atoms with Gasteiger partial charge in [-0.05, 0) is 49.2 Å². The molecule has 152 valence electrons. The van der Waals surface area contributed by atoms with Crippen molar-refractivity contribution >= 4 is 21.8 Å². The third-order valence-corrected chi connectivity index (χ3v) is 5.49. The molecule has 0 aliphatic rings. The molecular formula is C23H22BrN5O. The summed E-state index contributed by atoms with van der Waals surface area (Å²) in [6.45, 7) is 4.99. The number of aryl methyl sites for hydroxylation is 1. The molecule has 4 rings (SSSR count). The van der Waals surface area contributed by atoms with Gasteiger partial charge in [0.15, 0.2) is 0 Å². The van der Waals surface area contributed by atoms with Gasteiger partial charge >= 0.3 is 0 Å². The van der Waals surface area contributed by atoms with Crippen LogP contribution in [0.25, 0.3) is 5.69 Å². The number of nitrogens with zero attached hydrogens (tertiary/aromatic N) is 4. The molecule has 0 saturated carbocycles. The molecule has 1 amide bonds. The summed E-state index contributed by atoms with van der Waals surface area (Å²) in [5.41, 5.74) is 5.28. The molecule has 30 heavy (non-hydrogen) atoms. The van der Waals surface area contributed by atoms with E-state index in [0.717, 1.165) is 33.5 Å². The molecular weight excluding hydrogens is 442 g/mol. The fourth-order valence-electron chi connectivity index (χ4n) is 3.50. The van der Waals surface area contributed by atoms with Crippen molar-refractivity contribution in [2.45, 2.75) is 26.9 Å². The van der Waals surface area contributed by atoms with Gasteiger partial charge in [0.05, 0.1) is 29.0 Å². The van der Waals surface area contributed by atoms with Crippen molar-refractivity contribution in [3.8, 4) is 5.69 Å². The third kappa shape index (κ3) is 4.36. The van der Waals surface area contributed by atoms with Gasteiger partial charge in [0.25, 0.3) is 5.91 Å². The molecule has 2 aromatic heterocycles. The van der Waals surface area contributed by atoms with Gasteiger partial charge < -0.3 is 9.88 Å². The SMILES string of the molecule is Cc1nn(-c2ccc(Br)cc2)c(C)c1C(=O)NCc1cccc(Cn2ccnc2)c1. The number of nitrogens with one attached hydrogen (secondary N) is 1. The van der Waals surface area contributed by atoms with Crippen LogP contribution >= 0.6 is 15.9 Å². The van der Waals surface area contributed by atoms with Gasteiger partial charge in [0, 0.05) is 30.0 Å². The second-order valence-corrected chi connectivity index (χ2v) is 8.09. The maximum Gasteiger partial charge on any atom is 0.255 e. The van der Waals surface area contributed by atoms with E-state index < -0.39 is 0 Å². The number of amides is 1. The molecule has 2 aromatic carbocycles. The van der Waals surface area contributed by atoms with Crippen LogP contribution in [0, 0.1) is 13.8 Å². The topological polar surface area (TPSA) is 64.7 Å². The number of halogens is 1. The third-order valence-electron chi connectivity index (χ3n) is 4.96. The highest BCUT2D eigenvalue weighted by Gasteiger charge is 2.19. The predicted octanol–water partition coefficient (Wildman–Crippen LogP) is 4.43. The van der Waals surface area contributed by atoms with Crippen LogP contribution < -0.4 is 5.32 Å². The minimum Gasteiger partial charge on any atom is -0.348 e. The van der Waals surface area contributed by atoms with Crippen LogP contribution in [-0.2, 0) is 13.1 Å². The average Bonchev–Trinajstić information content (AvgIpc) is 3.34. The van der Waals surface area contributed by atoms with Crippen LogP contribution in [0.3, 0.4) is 0 Å². The van der Waals surface area contributed by atoms with E-state index in [1.54, 1.807) is 12.5 Å². The standard InChI is InChI=1S/C23H22BrN5O/c1-16-22(17(2)29(27-16)21-8-6-20(24)7-9-21)23(30)26-13-18-4-3-5-19(12-18)14-28-11-10-25-15-28/h3-12,15H,13-14H2,1-2H3,(H,26,30). The second-order valence-electron chi connectivity index (χ2n) is 7.17. The van der Waals surface area contributed by atoms with Crippen LogP contribution in [0.15, 0.2) is 71.7 Å². The second kappa shape index (κ2) is 8.67. The minimum absolute atomic E-state index is 0.117. The number of carbonyl (C=O) groups is 1. The van der Waals surface area contributed by atoms with Crippen molar-refractivity contribution < 1.29 is 4.79 Å². The van der Waals surface area contributed by atoms with Crippen molar-refractivity contribution in [3.63, 3.8) is 0 Å². The van der Waals surface area contributed by atoms with Gasteiger partial charge in [0.2, 0.25) is 0 Å². The lowest BCUT2D eigenvalue weighted by Gasteiger charge is -2.09. The zero-order valence-corrected chi connectivity index (χ0v) is 18.4. The Morgan fingerprint density at radius 2 is 1.87 bits per heavy atom. The number of aromatic nitrogens is 4. The molecule has 4 aromatic rings. The normalized spacial score (nSPS) is 10.9. The summed E-state index contributed by atoms with van der Waals surface area (Å²) in [6.07, 6.45) is 5.50. The Morgan fingerprint density at radius 1 is 1.10 bits per heavy atom. The van der Waals surface area contributed by atoms with E-state index >= 15 is 0 Å². The summed E-state index contributed by atoms with van der Waals surface area (Å²) >= 11 is 3.45. The zero-order valence-electron chi connectivity index (χ0n) is 16.8. The maximum absolute atomic E-state index is 12.9. The van der Waals surface area contributed by atoms with E-state index in [9.17, 15) is 4.79 Å². The number of hydrogen-bond acceptors (Lipinski definition) is 3. The van der Waals surface area contributed by atoms with Crippen molar-refractivity contribution in [2.75, 3.05) is 0 Å². The van der Waals surface area contributed by atoms with Crippen molar-refractivity contribution in [1.29, 1.82) is 0 Å². The summed E-state index contributed by atoms with van der Waals surface area (Å²) in [7, 11) is 0. The molecule has 7 heteroatoms. The Balaban J connectivity index is 1.48. The van der Waals surface area contributed by atoms with E-state index in [-0.39, 0.29) is 5.91 Å². The highest BCUT2D eigenvalue weighted by atomic mass is 79.9. The first-order chi connectivity index (χ1) is 14.5. The Labute approximate surface area is 183 Å². The van der Waals surface area contributed by atoms with E-state index in [0.29, 0.717) is 17.8 Å². The zero-order chi connectivity index (χ0) is 21.1. The van der Waals surface area contributed by atoms with Crippen molar-refractivity contribution in [2.24, 2.45) is 0 Å². The monoisotopic (exact) mass is 463 g/mol. The summed E-state index contributed by atoms with van der Waals surface area (Å²) in [5, 5.41) is 7.61. The average molecular weight is 464 g/mol. The van der Waals surface area contributed by atoms with E-state index in [1.165, 1.54) is 0 Å². The molecule has 0 aliphatic carbocycles. The first-order valence-electron chi connectivity index (χ1n) is 9.65. The lowest BCUT2D eigenvalue weighted by atomic mass is 10.1. The van der Waals surface area contributed by atoms with E-state index in [2.05, 4.69) is 43.5 Å². The molecule has 0 fully saturated rings.